The molecule has 2 N–H and O–H groups in total. The average molecular weight is 356 g/mol. The molecule has 0 spiro atoms. The fourth-order valence-electron chi connectivity index (χ4n) is 2.34. The molecule has 128 valence electrons. The monoisotopic (exact) mass is 356 g/mol. The van der Waals surface area contributed by atoms with Gasteiger partial charge in [0.05, 0.1) is 11.1 Å². The fraction of sp³-hybridized carbons (Fsp3) is 0.118. The zero-order valence-electron chi connectivity index (χ0n) is 13.6. The highest BCUT2D eigenvalue weighted by molar-refractivity contribution is 7.90. The first kappa shape index (κ1) is 16.8. The Bertz CT molecular complexity index is 1010. The Hall–Kier alpha value is -3.00. The molecule has 0 aliphatic carbocycles. The van der Waals surface area contributed by atoms with Gasteiger partial charge >= 0.3 is 0 Å². The fourth-order valence-corrected chi connectivity index (χ4v) is 2.99. The van der Waals surface area contributed by atoms with E-state index in [1.807, 2.05) is 12.1 Å². The van der Waals surface area contributed by atoms with Gasteiger partial charge in [-0.1, -0.05) is 18.2 Å². The number of nitrogens with zero attached hydrogens (tertiary/aromatic N) is 2. The summed E-state index contributed by atoms with van der Waals surface area (Å²) in [6.07, 6.45) is 2.72. The van der Waals surface area contributed by atoms with Crippen LogP contribution in [0.5, 0.6) is 0 Å². The van der Waals surface area contributed by atoms with Gasteiger partial charge in [-0.25, -0.2) is 8.42 Å². The lowest BCUT2D eigenvalue weighted by Gasteiger charge is -2.09. The van der Waals surface area contributed by atoms with Crippen LogP contribution < -0.4 is 5.32 Å². The first-order valence-corrected chi connectivity index (χ1v) is 9.32. The van der Waals surface area contributed by atoms with Gasteiger partial charge in [0.15, 0.2) is 9.84 Å². The summed E-state index contributed by atoms with van der Waals surface area (Å²) in [6.45, 7) is 1.76. The van der Waals surface area contributed by atoms with E-state index < -0.39 is 9.84 Å². The number of benzene rings is 2. The molecule has 2 aromatic carbocycles. The van der Waals surface area contributed by atoms with Crippen molar-refractivity contribution in [2.24, 2.45) is 0 Å². The molecule has 1 amide bonds. The molecule has 7 nitrogen and oxygen atoms in total. The highest BCUT2D eigenvalue weighted by Gasteiger charge is 2.14. The number of anilines is 1. The summed E-state index contributed by atoms with van der Waals surface area (Å²) in [6, 6.07) is 11.6. The molecule has 3 aromatic rings. The molecular formula is C17H16N4O3S. The minimum absolute atomic E-state index is 0.115. The molecule has 25 heavy (non-hydrogen) atoms. The van der Waals surface area contributed by atoms with Crippen LogP contribution in [0.15, 0.2) is 53.6 Å². The predicted molar refractivity (Wildman–Crippen MR) is 94.1 cm³/mol. The van der Waals surface area contributed by atoms with Crippen LogP contribution in [0.2, 0.25) is 0 Å². The van der Waals surface area contributed by atoms with Crippen molar-refractivity contribution in [1.82, 2.24) is 15.4 Å². The molecule has 0 saturated carbocycles. The number of hydrogen-bond acceptors (Lipinski definition) is 5. The van der Waals surface area contributed by atoms with Crippen molar-refractivity contribution in [1.29, 1.82) is 0 Å². The molecule has 0 unspecified atom stereocenters. The van der Waals surface area contributed by atoms with E-state index in [0.29, 0.717) is 22.5 Å². The van der Waals surface area contributed by atoms with Crippen molar-refractivity contribution in [2.45, 2.75) is 11.8 Å². The lowest BCUT2D eigenvalue weighted by atomic mass is 10.1. The van der Waals surface area contributed by atoms with E-state index in [2.05, 4.69) is 20.7 Å². The van der Waals surface area contributed by atoms with Crippen molar-refractivity contribution in [2.75, 3.05) is 11.6 Å². The average Bonchev–Trinajstić information content (AvgIpc) is 3.09. The molecule has 0 saturated heterocycles. The first-order valence-electron chi connectivity index (χ1n) is 7.43. The minimum Gasteiger partial charge on any atom is -0.322 e. The molecule has 0 atom stereocenters. The Kier molecular flexibility index (Phi) is 4.37. The molecule has 0 bridgehead atoms. The topological polar surface area (TPSA) is 105 Å². The molecule has 1 heterocycles. The van der Waals surface area contributed by atoms with Gasteiger partial charge < -0.3 is 5.32 Å². The second kappa shape index (κ2) is 6.48. The third-order valence-electron chi connectivity index (χ3n) is 3.74. The van der Waals surface area contributed by atoms with E-state index >= 15 is 0 Å². The number of carbonyl (C=O) groups is 1. The van der Waals surface area contributed by atoms with Crippen LogP contribution in [-0.2, 0) is 9.84 Å². The Morgan fingerprint density at radius 2 is 1.84 bits per heavy atom. The van der Waals surface area contributed by atoms with Crippen LogP contribution in [0, 0.1) is 6.92 Å². The number of hydrogen-bond donors (Lipinski definition) is 2. The maximum absolute atomic E-state index is 12.5. The highest BCUT2D eigenvalue weighted by atomic mass is 32.2. The summed E-state index contributed by atoms with van der Waals surface area (Å²) in [5, 5.41) is 13.1. The minimum atomic E-state index is -3.38. The van der Waals surface area contributed by atoms with Crippen molar-refractivity contribution in [3.05, 3.63) is 59.8 Å². The summed E-state index contributed by atoms with van der Waals surface area (Å²) in [4.78, 5) is 12.6. The number of sulfone groups is 1. The van der Waals surface area contributed by atoms with Crippen LogP contribution in [-0.4, -0.2) is 36.0 Å². The van der Waals surface area contributed by atoms with E-state index in [9.17, 15) is 13.2 Å². The smallest absolute Gasteiger partial charge is 0.255 e. The predicted octanol–water partition coefficient (Wildman–Crippen LogP) is 2.44. The van der Waals surface area contributed by atoms with Crippen molar-refractivity contribution in [3.63, 3.8) is 0 Å². The number of aryl methyl sites for hydroxylation is 1. The van der Waals surface area contributed by atoms with Crippen LogP contribution in [0.3, 0.4) is 0 Å². The van der Waals surface area contributed by atoms with Gasteiger partial charge in [0.25, 0.3) is 5.91 Å². The quantitative estimate of drug-likeness (QED) is 0.747. The summed E-state index contributed by atoms with van der Waals surface area (Å²) in [5.74, 6) is -0.364. The van der Waals surface area contributed by atoms with Crippen LogP contribution in [0.1, 0.15) is 15.9 Å². The van der Waals surface area contributed by atoms with Crippen LogP contribution >= 0.6 is 0 Å². The third kappa shape index (κ3) is 3.74. The molecule has 0 fully saturated rings. The van der Waals surface area contributed by atoms with Gasteiger partial charge in [0, 0.05) is 23.1 Å². The van der Waals surface area contributed by atoms with Crippen molar-refractivity contribution < 1.29 is 13.2 Å². The van der Waals surface area contributed by atoms with E-state index in [-0.39, 0.29) is 10.8 Å². The number of carbonyl (C=O) groups excluding carboxylic acids is 1. The van der Waals surface area contributed by atoms with Gasteiger partial charge in [-0.3, -0.25) is 4.79 Å². The zero-order valence-corrected chi connectivity index (χ0v) is 14.5. The number of aromatic nitrogens is 3. The molecule has 3 rings (SSSR count). The molecule has 1 aromatic heterocycles. The Morgan fingerprint density at radius 3 is 2.44 bits per heavy atom. The van der Waals surface area contributed by atoms with Crippen LogP contribution in [0.25, 0.3) is 11.3 Å². The Balaban J connectivity index is 1.83. The lowest BCUT2D eigenvalue weighted by molar-refractivity contribution is 0.102. The second-order valence-corrected chi connectivity index (χ2v) is 7.65. The van der Waals surface area contributed by atoms with Crippen LogP contribution in [0.4, 0.5) is 5.69 Å². The van der Waals surface area contributed by atoms with Gasteiger partial charge in [0.1, 0.15) is 5.69 Å². The van der Waals surface area contributed by atoms with E-state index in [1.165, 1.54) is 12.1 Å². The second-order valence-electron chi connectivity index (χ2n) is 5.64. The first-order chi connectivity index (χ1) is 11.8. The van der Waals surface area contributed by atoms with Gasteiger partial charge in [-0.15, -0.1) is 0 Å². The summed E-state index contributed by atoms with van der Waals surface area (Å²) >= 11 is 0. The Labute approximate surface area is 145 Å². The molecule has 0 aliphatic heterocycles. The number of aromatic amines is 1. The zero-order chi connectivity index (χ0) is 18.0. The lowest BCUT2D eigenvalue weighted by Crippen LogP contribution is -2.14. The standard InChI is InChI=1S/C17H16N4O3S/c1-11-3-8-14(25(2,23)24)9-15(11)17(22)19-13-6-4-12(5-7-13)16-10-18-21-20-16/h3-10H,1-2H3,(H,19,22)(H,18,20,21). The molecular weight excluding hydrogens is 340 g/mol. The van der Waals surface area contributed by atoms with E-state index in [4.69, 9.17) is 0 Å². The normalized spacial score (nSPS) is 11.3. The van der Waals surface area contributed by atoms with Gasteiger partial charge in [0.2, 0.25) is 0 Å². The number of rotatable bonds is 4. The summed E-state index contributed by atoms with van der Waals surface area (Å²) in [7, 11) is -3.38. The SMILES string of the molecule is Cc1ccc(S(C)(=O)=O)cc1C(=O)Nc1ccc(-c2cn[nH]n2)cc1. The maximum atomic E-state index is 12.5. The summed E-state index contributed by atoms with van der Waals surface area (Å²) < 4.78 is 23.4. The molecule has 0 radical (unpaired) electrons. The number of H-pyrrole nitrogens is 1. The van der Waals surface area contributed by atoms with Crippen molar-refractivity contribution in [3.8, 4) is 11.3 Å². The third-order valence-corrected chi connectivity index (χ3v) is 4.85. The number of amides is 1. The molecule has 8 heteroatoms. The summed E-state index contributed by atoms with van der Waals surface area (Å²) in [5.41, 5.74) is 3.19. The molecule has 0 aliphatic rings. The van der Waals surface area contributed by atoms with E-state index in [0.717, 1.165) is 11.8 Å². The number of nitrogens with one attached hydrogen (secondary N) is 2. The van der Waals surface area contributed by atoms with Gasteiger partial charge in [-0.2, -0.15) is 15.4 Å². The van der Waals surface area contributed by atoms with Gasteiger partial charge in [-0.05, 0) is 36.8 Å². The van der Waals surface area contributed by atoms with Crippen molar-refractivity contribution >= 4 is 21.4 Å². The maximum Gasteiger partial charge on any atom is 0.255 e. The largest absolute Gasteiger partial charge is 0.322 e. The highest BCUT2D eigenvalue weighted by Crippen LogP contribution is 2.20. The Morgan fingerprint density at radius 1 is 1.12 bits per heavy atom. The van der Waals surface area contributed by atoms with E-state index in [1.54, 1.807) is 31.3 Å².